The molecule has 1 fully saturated rings. The molecule has 0 aliphatic carbocycles. The molecule has 166 valence electrons. The Bertz CT molecular complexity index is 1140. The maximum absolute atomic E-state index is 13.0. The van der Waals surface area contributed by atoms with Crippen molar-refractivity contribution in [3.05, 3.63) is 71.3 Å². The number of aryl methyl sites for hydroxylation is 2. The lowest BCUT2D eigenvalue weighted by molar-refractivity contribution is -0.112. The van der Waals surface area contributed by atoms with Crippen molar-refractivity contribution < 1.29 is 19.1 Å². The number of rotatable bonds is 7. The van der Waals surface area contributed by atoms with E-state index in [1.165, 1.54) is 0 Å². The third-order valence-corrected chi connectivity index (χ3v) is 5.87. The second kappa shape index (κ2) is 9.94. The zero-order valence-electron chi connectivity index (χ0n) is 18.5. The number of hydrogen-bond acceptors (Lipinski definition) is 5. The van der Waals surface area contributed by atoms with Gasteiger partial charge in [-0.05, 0) is 54.6 Å². The second-order valence-electron chi connectivity index (χ2n) is 8.04. The van der Waals surface area contributed by atoms with Crippen molar-refractivity contribution >= 4 is 28.2 Å². The predicted octanol–water partition coefficient (Wildman–Crippen LogP) is 3.99. The van der Waals surface area contributed by atoms with Gasteiger partial charge < -0.3 is 14.8 Å². The first kappa shape index (κ1) is 22.0. The highest BCUT2D eigenvalue weighted by Gasteiger charge is 2.20. The Balaban J connectivity index is 1.50. The molecule has 0 bridgehead atoms. The summed E-state index contributed by atoms with van der Waals surface area (Å²) < 4.78 is 11.4. The summed E-state index contributed by atoms with van der Waals surface area (Å²) in [6.45, 7) is 8.66. The van der Waals surface area contributed by atoms with Crippen LogP contribution in [0.25, 0.3) is 10.8 Å². The molecule has 0 atom stereocenters. The fraction of sp³-hybridized carbons (Fsp3) is 0.308. The van der Waals surface area contributed by atoms with Crippen LogP contribution in [0.3, 0.4) is 0 Å². The van der Waals surface area contributed by atoms with Crippen molar-refractivity contribution in [3.8, 4) is 5.75 Å². The normalized spacial score (nSPS) is 14.3. The van der Waals surface area contributed by atoms with Crippen LogP contribution in [0.4, 0.5) is 5.69 Å². The summed E-state index contributed by atoms with van der Waals surface area (Å²) in [5, 5.41) is 4.25. The molecule has 0 unspecified atom stereocenters. The average molecular weight is 433 g/mol. The predicted molar refractivity (Wildman–Crippen MR) is 126 cm³/mol. The summed E-state index contributed by atoms with van der Waals surface area (Å²) in [5.41, 5.74) is 3.16. The Labute approximate surface area is 188 Å². The Kier molecular flexibility index (Phi) is 6.83. The summed E-state index contributed by atoms with van der Waals surface area (Å²) in [6.07, 6.45) is 0. The second-order valence-corrected chi connectivity index (χ2v) is 8.04. The average Bonchev–Trinajstić information content (AvgIpc) is 2.82. The number of fused-ring (bicyclic) bond motifs is 1. The van der Waals surface area contributed by atoms with Crippen molar-refractivity contribution in [3.63, 3.8) is 0 Å². The number of anilines is 1. The molecule has 1 N–H and O–H groups in total. The number of Topliss-reactive ketones (excluding diaryl/α,β-unsaturated/α-hetero) is 1. The topological polar surface area (TPSA) is 67.9 Å². The van der Waals surface area contributed by atoms with Gasteiger partial charge in [-0.25, -0.2) is 0 Å². The minimum absolute atomic E-state index is 0.363. The van der Waals surface area contributed by atoms with Crippen LogP contribution < -0.4 is 10.1 Å². The Hall–Kier alpha value is -3.22. The third kappa shape index (κ3) is 4.98. The van der Waals surface area contributed by atoms with Crippen LogP contribution in [-0.2, 0) is 9.53 Å². The number of hydrogen-bond donors (Lipinski definition) is 1. The van der Waals surface area contributed by atoms with Crippen LogP contribution in [0.1, 0.15) is 21.5 Å². The van der Waals surface area contributed by atoms with Crippen LogP contribution in [0.5, 0.6) is 5.75 Å². The summed E-state index contributed by atoms with van der Waals surface area (Å²) in [6, 6.07) is 16.6. The van der Waals surface area contributed by atoms with Crippen molar-refractivity contribution in [1.29, 1.82) is 0 Å². The number of benzene rings is 3. The first-order chi connectivity index (χ1) is 15.5. The van der Waals surface area contributed by atoms with Crippen molar-refractivity contribution in [1.82, 2.24) is 4.90 Å². The fourth-order valence-electron chi connectivity index (χ4n) is 3.83. The lowest BCUT2D eigenvalue weighted by Gasteiger charge is -2.26. The van der Waals surface area contributed by atoms with Gasteiger partial charge >= 0.3 is 0 Å². The zero-order valence-corrected chi connectivity index (χ0v) is 18.5. The third-order valence-electron chi connectivity index (χ3n) is 5.87. The van der Waals surface area contributed by atoms with Crippen LogP contribution >= 0.6 is 0 Å². The first-order valence-electron chi connectivity index (χ1n) is 10.9. The standard InChI is InChI=1S/C26H28N2O4/c1-18-7-8-20(17-19(18)2)27-26(30)25(29)23-9-10-24(22-6-4-3-5-21(22)23)32-16-13-28-11-14-31-15-12-28/h3-10,17H,11-16H2,1-2H3,(H,27,30). The number of carbonyl (C=O) groups is 2. The largest absolute Gasteiger partial charge is 0.492 e. The summed E-state index contributed by atoms with van der Waals surface area (Å²) in [7, 11) is 0. The van der Waals surface area contributed by atoms with Gasteiger partial charge in [0.05, 0.1) is 13.2 Å². The number of ketones is 1. The van der Waals surface area contributed by atoms with E-state index in [1.54, 1.807) is 18.2 Å². The quantitative estimate of drug-likeness (QED) is 0.452. The van der Waals surface area contributed by atoms with Gasteiger partial charge in [0.25, 0.3) is 11.7 Å². The molecule has 6 heteroatoms. The molecule has 4 rings (SSSR count). The highest BCUT2D eigenvalue weighted by molar-refractivity contribution is 6.48. The van der Waals surface area contributed by atoms with E-state index in [-0.39, 0.29) is 0 Å². The van der Waals surface area contributed by atoms with E-state index in [2.05, 4.69) is 10.2 Å². The molecule has 1 aliphatic rings. The highest BCUT2D eigenvalue weighted by Crippen LogP contribution is 2.29. The van der Waals surface area contributed by atoms with E-state index in [4.69, 9.17) is 9.47 Å². The number of morpholine rings is 1. The number of ether oxygens (including phenoxy) is 2. The van der Waals surface area contributed by atoms with E-state index < -0.39 is 11.7 Å². The van der Waals surface area contributed by atoms with Gasteiger partial charge in [-0.1, -0.05) is 30.3 Å². The number of nitrogens with one attached hydrogen (secondary N) is 1. The smallest absolute Gasteiger partial charge is 0.296 e. The van der Waals surface area contributed by atoms with Crippen LogP contribution in [0.2, 0.25) is 0 Å². The van der Waals surface area contributed by atoms with Gasteiger partial charge in [-0.3, -0.25) is 14.5 Å². The molecule has 1 saturated heterocycles. The SMILES string of the molecule is Cc1ccc(NC(=O)C(=O)c2ccc(OCCN3CCOCC3)c3ccccc23)cc1C. The summed E-state index contributed by atoms with van der Waals surface area (Å²) >= 11 is 0. The summed E-state index contributed by atoms with van der Waals surface area (Å²) in [4.78, 5) is 28.0. The molecule has 32 heavy (non-hydrogen) atoms. The molecule has 1 aliphatic heterocycles. The fourth-order valence-corrected chi connectivity index (χ4v) is 3.83. The molecule has 6 nitrogen and oxygen atoms in total. The molecule has 0 spiro atoms. The molecular formula is C26H28N2O4. The molecule has 0 saturated carbocycles. The lowest BCUT2D eigenvalue weighted by atomic mass is 10.00. The minimum atomic E-state index is -0.653. The molecule has 3 aromatic rings. The van der Waals surface area contributed by atoms with Crippen molar-refractivity contribution in [2.45, 2.75) is 13.8 Å². The Morgan fingerprint density at radius 3 is 2.47 bits per heavy atom. The van der Waals surface area contributed by atoms with Gasteiger partial charge in [0, 0.05) is 36.3 Å². The maximum atomic E-state index is 13.0. The van der Waals surface area contributed by atoms with Crippen LogP contribution in [-0.4, -0.2) is 56.0 Å². The zero-order chi connectivity index (χ0) is 22.5. The molecule has 0 aromatic heterocycles. The van der Waals surface area contributed by atoms with Crippen molar-refractivity contribution in [2.75, 3.05) is 44.8 Å². The van der Waals surface area contributed by atoms with E-state index >= 15 is 0 Å². The molecule has 0 radical (unpaired) electrons. The Morgan fingerprint density at radius 1 is 0.969 bits per heavy atom. The molecule has 1 amide bonds. The summed E-state index contributed by atoms with van der Waals surface area (Å²) in [5.74, 6) is -0.515. The molecule has 3 aromatic carbocycles. The number of nitrogens with zero attached hydrogens (tertiary/aromatic N) is 1. The van der Waals surface area contributed by atoms with E-state index in [9.17, 15) is 9.59 Å². The van der Waals surface area contributed by atoms with Gasteiger partial charge in [-0.15, -0.1) is 0 Å². The van der Waals surface area contributed by atoms with Crippen LogP contribution in [0, 0.1) is 13.8 Å². The maximum Gasteiger partial charge on any atom is 0.296 e. The molecular weight excluding hydrogens is 404 g/mol. The van der Waals surface area contributed by atoms with Gasteiger partial charge in [0.1, 0.15) is 12.4 Å². The molecule has 1 heterocycles. The van der Waals surface area contributed by atoms with Crippen molar-refractivity contribution in [2.24, 2.45) is 0 Å². The highest BCUT2D eigenvalue weighted by atomic mass is 16.5. The van der Waals surface area contributed by atoms with E-state index in [0.29, 0.717) is 29.0 Å². The monoisotopic (exact) mass is 432 g/mol. The minimum Gasteiger partial charge on any atom is -0.492 e. The van der Waals surface area contributed by atoms with E-state index in [1.807, 2.05) is 50.2 Å². The van der Waals surface area contributed by atoms with Gasteiger partial charge in [0.2, 0.25) is 0 Å². The number of carbonyl (C=O) groups excluding carboxylic acids is 2. The Morgan fingerprint density at radius 2 is 1.72 bits per heavy atom. The number of amides is 1. The van der Waals surface area contributed by atoms with Crippen LogP contribution in [0.15, 0.2) is 54.6 Å². The van der Waals surface area contributed by atoms with Gasteiger partial charge in [0.15, 0.2) is 0 Å². The van der Waals surface area contributed by atoms with E-state index in [0.717, 1.165) is 49.4 Å². The first-order valence-corrected chi connectivity index (χ1v) is 10.9. The lowest BCUT2D eigenvalue weighted by Crippen LogP contribution is -2.38. The van der Waals surface area contributed by atoms with Gasteiger partial charge in [-0.2, -0.15) is 0 Å².